The monoisotopic (exact) mass is 406 g/mol. The molecule has 0 N–H and O–H groups in total. The smallest absolute Gasteiger partial charge is 0.408 e. The minimum Gasteiger partial charge on any atom is -0.408 e. The molecule has 0 radical (unpaired) electrons. The average molecular weight is 407 g/mol. The van der Waals surface area contributed by atoms with E-state index < -0.39 is 6.80 Å². The highest BCUT2D eigenvalue weighted by Gasteiger charge is 2.29. The molecule has 0 heterocycles. The third-order valence-corrected chi connectivity index (χ3v) is 7.78. The van der Waals surface area contributed by atoms with Crippen LogP contribution < -0.4 is 9.05 Å². The Labute approximate surface area is 168 Å². The van der Waals surface area contributed by atoms with Crippen LogP contribution >= 0.6 is 18.2 Å². The molecule has 0 saturated heterocycles. The zero-order valence-corrected chi connectivity index (χ0v) is 19.1. The van der Waals surface area contributed by atoms with Crippen LogP contribution in [0.4, 0.5) is 0 Å². The van der Waals surface area contributed by atoms with Crippen LogP contribution in [0, 0.1) is 0 Å². The Balaban J connectivity index is 2.18. The van der Waals surface area contributed by atoms with E-state index in [-0.39, 0.29) is 10.8 Å². The van der Waals surface area contributed by atoms with Crippen molar-refractivity contribution in [3.8, 4) is 11.5 Å². The van der Waals surface area contributed by atoms with Crippen molar-refractivity contribution in [1.29, 1.82) is 0 Å². The van der Waals surface area contributed by atoms with E-state index >= 15 is 0 Å². The van der Waals surface area contributed by atoms with Gasteiger partial charge in [0, 0.05) is 5.75 Å². The molecule has 2 aromatic carbocycles. The number of rotatable bonds is 6. The fraction of sp³-hybridized carbons (Fsp3) is 0.455. The molecule has 0 fully saturated rings. The third-order valence-electron chi connectivity index (χ3n) is 4.16. The van der Waals surface area contributed by atoms with Gasteiger partial charge in [-0.15, -0.1) is 0 Å². The summed E-state index contributed by atoms with van der Waals surface area (Å²) < 4.78 is 24.8. The molecule has 5 heteroatoms. The molecule has 0 bridgehead atoms. The van der Waals surface area contributed by atoms with Gasteiger partial charge in [-0.3, -0.25) is 0 Å². The summed E-state index contributed by atoms with van der Waals surface area (Å²) in [5, 5.41) is 0. The van der Waals surface area contributed by atoms with Gasteiger partial charge in [-0.25, -0.2) is 4.57 Å². The maximum absolute atomic E-state index is 13.2. The van der Waals surface area contributed by atoms with Gasteiger partial charge >= 0.3 is 6.80 Å². The topological polar surface area (TPSA) is 35.5 Å². The minimum absolute atomic E-state index is 0.0612. The number of hydrogen-bond donors (Lipinski definition) is 0. The molecule has 0 saturated carbocycles. The van der Waals surface area contributed by atoms with Crippen molar-refractivity contribution in [3.05, 3.63) is 59.7 Å². The summed E-state index contributed by atoms with van der Waals surface area (Å²) in [5.41, 5.74) is 2.52. The van der Waals surface area contributed by atoms with Crippen LogP contribution in [0.2, 0.25) is 0 Å². The van der Waals surface area contributed by atoms with Crippen LogP contribution in [0.1, 0.15) is 59.6 Å². The second kappa shape index (κ2) is 8.32. The van der Waals surface area contributed by atoms with Gasteiger partial charge in [0.05, 0.1) is 0 Å². The van der Waals surface area contributed by atoms with E-state index in [4.69, 9.17) is 9.05 Å². The quantitative estimate of drug-likeness (QED) is 0.463. The summed E-state index contributed by atoms with van der Waals surface area (Å²) in [5.74, 6) is 1.74. The molecular weight excluding hydrogens is 375 g/mol. The van der Waals surface area contributed by atoms with Gasteiger partial charge in [0.1, 0.15) is 11.5 Å². The summed E-state index contributed by atoms with van der Waals surface area (Å²) in [4.78, 5) is 0. The second-order valence-electron chi connectivity index (χ2n) is 8.60. The molecule has 0 aliphatic rings. The van der Waals surface area contributed by atoms with Crippen LogP contribution in [0.25, 0.3) is 0 Å². The van der Waals surface area contributed by atoms with Crippen molar-refractivity contribution in [2.75, 3.05) is 5.75 Å². The fourth-order valence-electron chi connectivity index (χ4n) is 2.52. The van der Waals surface area contributed by atoms with Crippen molar-refractivity contribution in [3.63, 3.8) is 0 Å². The first-order valence-corrected chi connectivity index (χ1v) is 12.4. The Morgan fingerprint density at radius 1 is 0.741 bits per heavy atom. The minimum atomic E-state index is -3.36. The molecule has 0 unspecified atom stereocenters. The Morgan fingerprint density at radius 2 is 1.07 bits per heavy atom. The lowest BCUT2D eigenvalue weighted by atomic mass is 9.87. The van der Waals surface area contributed by atoms with Crippen LogP contribution in [0.5, 0.6) is 11.5 Å². The lowest BCUT2D eigenvalue weighted by Gasteiger charge is -2.22. The normalized spacial score (nSPS) is 12.7. The number of benzene rings is 2. The predicted octanol–water partition coefficient (Wildman–Crippen LogP) is 7.60. The van der Waals surface area contributed by atoms with E-state index in [0.717, 1.165) is 0 Å². The van der Waals surface area contributed by atoms with Gasteiger partial charge in [-0.05, 0) is 57.6 Å². The molecule has 0 spiro atoms. The maximum Gasteiger partial charge on any atom is 0.492 e. The molecule has 3 nitrogen and oxygen atoms in total. The Morgan fingerprint density at radius 3 is 1.33 bits per heavy atom. The van der Waals surface area contributed by atoms with Crippen LogP contribution in [0.3, 0.4) is 0 Å². The first-order chi connectivity index (χ1) is 12.4. The van der Waals surface area contributed by atoms with Crippen LogP contribution in [-0.4, -0.2) is 5.75 Å². The Bertz CT molecular complexity index is 721. The molecule has 0 aliphatic carbocycles. The summed E-state index contributed by atoms with van der Waals surface area (Å²) in [6, 6.07) is 15.5. The largest absolute Gasteiger partial charge is 0.492 e. The molecule has 0 aromatic heterocycles. The van der Waals surface area contributed by atoms with E-state index in [1.807, 2.05) is 55.5 Å². The predicted molar refractivity (Wildman–Crippen MR) is 117 cm³/mol. The SMILES string of the molecule is CCSP(=O)(Oc1ccc(C(C)(C)C)cc1)Oc1ccc(C(C)(C)C)cc1. The molecule has 2 aromatic rings. The first kappa shape index (κ1) is 21.9. The van der Waals surface area contributed by atoms with Crippen molar-refractivity contribution in [1.82, 2.24) is 0 Å². The van der Waals surface area contributed by atoms with Crippen LogP contribution in [0.15, 0.2) is 48.5 Å². The molecular formula is C22H31O3PS. The third kappa shape index (κ3) is 6.33. The highest BCUT2D eigenvalue weighted by molar-refractivity contribution is 8.55. The van der Waals surface area contributed by atoms with Gasteiger partial charge in [0.2, 0.25) is 0 Å². The summed E-state index contributed by atoms with van der Waals surface area (Å²) in [6.07, 6.45) is 0. The van der Waals surface area contributed by atoms with Crippen molar-refractivity contribution in [2.45, 2.75) is 59.3 Å². The lowest BCUT2D eigenvalue weighted by Crippen LogP contribution is -2.10. The number of hydrogen-bond acceptors (Lipinski definition) is 4. The molecule has 27 heavy (non-hydrogen) atoms. The van der Waals surface area contributed by atoms with E-state index in [1.165, 1.54) is 22.5 Å². The fourth-order valence-corrected chi connectivity index (χ4v) is 5.52. The van der Waals surface area contributed by atoms with Gasteiger partial charge < -0.3 is 9.05 Å². The zero-order chi connectivity index (χ0) is 20.3. The van der Waals surface area contributed by atoms with Crippen molar-refractivity contribution < 1.29 is 13.6 Å². The van der Waals surface area contributed by atoms with Crippen molar-refractivity contribution in [2.24, 2.45) is 0 Å². The maximum atomic E-state index is 13.2. The first-order valence-electron chi connectivity index (χ1n) is 9.28. The Kier molecular flexibility index (Phi) is 6.76. The molecule has 0 atom stereocenters. The Hall–Kier alpha value is -1.38. The average Bonchev–Trinajstić information content (AvgIpc) is 2.54. The van der Waals surface area contributed by atoms with Crippen molar-refractivity contribution >= 4 is 18.2 Å². The van der Waals surface area contributed by atoms with Gasteiger partial charge in [0.15, 0.2) is 0 Å². The van der Waals surface area contributed by atoms with Gasteiger partial charge in [-0.2, -0.15) is 0 Å². The van der Waals surface area contributed by atoms with Gasteiger partial charge in [0.25, 0.3) is 0 Å². The second-order valence-corrected chi connectivity index (χ2v) is 12.8. The molecule has 2 rings (SSSR count). The zero-order valence-electron chi connectivity index (χ0n) is 17.4. The molecule has 0 aliphatic heterocycles. The van der Waals surface area contributed by atoms with Crippen LogP contribution in [-0.2, 0) is 15.4 Å². The van der Waals surface area contributed by atoms with E-state index in [1.54, 1.807) is 0 Å². The highest BCUT2D eigenvalue weighted by atomic mass is 32.7. The standard InChI is InChI=1S/C22H31O3PS/c1-8-27-26(23,24-19-13-9-17(10-14-19)21(2,3)4)25-20-15-11-18(12-16-20)22(5,6)7/h9-16H,8H2,1-7H3. The van der Waals surface area contributed by atoms with E-state index in [0.29, 0.717) is 17.3 Å². The van der Waals surface area contributed by atoms with E-state index in [2.05, 4.69) is 41.5 Å². The summed E-state index contributed by atoms with van der Waals surface area (Å²) >= 11 is 1.20. The summed E-state index contributed by atoms with van der Waals surface area (Å²) in [6.45, 7) is 11.5. The molecule has 0 amide bonds. The molecule has 148 valence electrons. The van der Waals surface area contributed by atoms with E-state index in [9.17, 15) is 4.57 Å². The van der Waals surface area contributed by atoms with Gasteiger partial charge in [-0.1, -0.05) is 72.7 Å². The highest BCUT2D eigenvalue weighted by Crippen LogP contribution is 2.59. The lowest BCUT2D eigenvalue weighted by molar-refractivity contribution is 0.407. The summed E-state index contributed by atoms with van der Waals surface area (Å²) in [7, 11) is 0.